The summed E-state index contributed by atoms with van der Waals surface area (Å²) in [6.45, 7) is 2.23. The van der Waals surface area contributed by atoms with Crippen LogP contribution in [0.1, 0.15) is 29.2 Å². The smallest absolute Gasteiger partial charge is 0.326 e. The van der Waals surface area contributed by atoms with E-state index in [0.717, 1.165) is 6.42 Å². The van der Waals surface area contributed by atoms with Gasteiger partial charge in [-0.3, -0.25) is 4.79 Å². The first-order chi connectivity index (χ1) is 7.59. The lowest BCUT2D eigenvalue weighted by Crippen LogP contribution is -2.40. The highest BCUT2D eigenvalue weighted by atomic mass is 16.4. The summed E-state index contributed by atoms with van der Waals surface area (Å²) in [6.07, 6.45) is 1.24. The van der Waals surface area contributed by atoms with Gasteiger partial charge in [-0.05, 0) is 31.9 Å². The number of likely N-dealkylation sites (tertiary alicyclic amines) is 1. The molecule has 1 N–H and O–H groups in total. The molecule has 1 aromatic heterocycles. The molecule has 0 saturated carbocycles. The molecular formula is C11H13NO4. The molecule has 0 radical (unpaired) electrons. The standard InChI is InChI=1S/C11H13NO4/c1-7-4-5-9(16-7)10(13)12-6-2-3-8(12)11(14)15/h4-5,8H,2-3,6H2,1H3,(H,14,15)/t8-/m0/s1. The first-order valence-electron chi connectivity index (χ1n) is 5.20. The van der Waals surface area contributed by atoms with Gasteiger partial charge in [-0.2, -0.15) is 0 Å². The van der Waals surface area contributed by atoms with Crippen LogP contribution in [0.2, 0.25) is 0 Å². The maximum absolute atomic E-state index is 11.9. The van der Waals surface area contributed by atoms with E-state index in [4.69, 9.17) is 9.52 Å². The number of carboxylic acids is 1. The van der Waals surface area contributed by atoms with Crippen LogP contribution in [0.5, 0.6) is 0 Å². The van der Waals surface area contributed by atoms with Gasteiger partial charge < -0.3 is 14.4 Å². The van der Waals surface area contributed by atoms with Crippen LogP contribution >= 0.6 is 0 Å². The van der Waals surface area contributed by atoms with Crippen LogP contribution in [0.4, 0.5) is 0 Å². The molecule has 16 heavy (non-hydrogen) atoms. The fraction of sp³-hybridized carbons (Fsp3) is 0.455. The van der Waals surface area contributed by atoms with Crippen molar-refractivity contribution in [3.05, 3.63) is 23.7 Å². The number of rotatable bonds is 2. The van der Waals surface area contributed by atoms with Crippen LogP contribution < -0.4 is 0 Å². The molecule has 1 amide bonds. The molecule has 0 aliphatic carbocycles. The molecule has 0 aromatic carbocycles. The van der Waals surface area contributed by atoms with Crippen molar-refractivity contribution in [1.29, 1.82) is 0 Å². The van der Waals surface area contributed by atoms with E-state index in [1.807, 2.05) is 0 Å². The second-order valence-corrected chi connectivity index (χ2v) is 3.91. The lowest BCUT2D eigenvalue weighted by Gasteiger charge is -2.19. The minimum Gasteiger partial charge on any atom is -0.480 e. The van der Waals surface area contributed by atoms with Gasteiger partial charge in [-0.1, -0.05) is 0 Å². The summed E-state index contributed by atoms with van der Waals surface area (Å²) < 4.78 is 5.20. The molecule has 1 atom stereocenters. The number of furan rings is 1. The lowest BCUT2D eigenvalue weighted by atomic mass is 10.2. The Hall–Kier alpha value is -1.78. The fourth-order valence-corrected chi connectivity index (χ4v) is 1.96. The molecule has 0 bridgehead atoms. The number of hydrogen-bond acceptors (Lipinski definition) is 3. The van der Waals surface area contributed by atoms with Gasteiger partial charge in [0.2, 0.25) is 0 Å². The maximum Gasteiger partial charge on any atom is 0.326 e. The Balaban J connectivity index is 2.18. The normalized spacial score (nSPS) is 20.1. The zero-order valence-corrected chi connectivity index (χ0v) is 8.97. The van der Waals surface area contributed by atoms with Crippen molar-refractivity contribution >= 4 is 11.9 Å². The minimum absolute atomic E-state index is 0.214. The Morgan fingerprint density at radius 2 is 2.25 bits per heavy atom. The summed E-state index contributed by atoms with van der Waals surface area (Å²) in [6, 6.07) is 2.56. The first kappa shape index (κ1) is 10.7. The van der Waals surface area contributed by atoms with E-state index in [0.29, 0.717) is 18.7 Å². The predicted octanol–water partition coefficient (Wildman–Crippen LogP) is 1.28. The molecule has 2 heterocycles. The molecule has 2 rings (SSSR count). The third-order valence-electron chi connectivity index (χ3n) is 2.75. The lowest BCUT2D eigenvalue weighted by molar-refractivity contribution is -0.141. The SMILES string of the molecule is Cc1ccc(C(=O)N2CCC[C@H]2C(=O)O)o1. The summed E-state index contributed by atoms with van der Waals surface area (Å²) in [4.78, 5) is 24.2. The number of amides is 1. The van der Waals surface area contributed by atoms with Crippen LogP contribution in [0.3, 0.4) is 0 Å². The highest BCUT2D eigenvalue weighted by Gasteiger charge is 2.35. The van der Waals surface area contributed by atoms with Crippen LogP contribution in [0, 0.1) is 6.92 Å². The quantitative estimate of drug-likeness (QED) is 0.819. The zero-order valence-electron chi connectivity index (χ0n) is 8.97. The van der Waals surface area contributed by atoms with Crippen molar-refractivity contribution in [1.82, 2.24) is 4.90 Å². The monoisotopic (exact) mass is 223 g/mol. The summed E-state index contributed by atoms with van der Waals surface area (Å²) in [7, 11) is 0. The van der Waals surface area contributed by atoms with Gasteiger partial charge in [0.1, 0.15) is 11.8 Å². The summed E-state index contributed by atoms with van der Waals surface area (Å²) in [5.74, 6) is -0.424. The molecule has 1 aliphatic heterocycles. The molecule has 1 aromatic rings. The molecular weight excluding hydrogens is 210 g/mol. The highest BCUT2D eigenvalue weighted by molar-refractivity contribution is 5.94. The van der Waals surface area contributed by atoms with Crippen LogP contribution in [0.25, 0.3) is 0 Å². The van der Waals surface area contributed by atoms with Gasteiger partial charge in [0.15, 0.2) is 5.76 Å². The van der Waals surface area contributed by atoms with Crippen molar-refractivity contribution in [3.8, 4) is 0 Å². The Bertz CT molecular complexity index is 423. The van der Waals surface area contributed by atoms with Gasteiger partial charge in [0, 0.05) is 6.54 Å². The fourth-order valence-electron chi connectivity index (χ4n) is 1.96. The van der Waals surface area contributed by atoms with Crippen LogP contribution in [-0.4, -0.2) is 34.5 Å². The third kappa shape index (κ3) is 1.80. The number of aliphatic carboxylic acids is 1. The first-order valence-corrected chi connectivity index (χ1v) is 5.20. The van der Waals surface area contributed by atoms with E-state index in [9.17, 15) is 9.59 Å². The summed E-state index contributed by atoms with van der Waals surface area (Å²) in [5.41, 5.74) is 0. The van der Waals surface area contributed by atoms with E-state index in [1.54, 1.807) is 19.1 Å². The molecule has 86 valence electrons. The Kier molecular flexibility index (Phi) is 2.68. The second kappa shape index (κ2) is 4.00. The Morgan fingerprint density at radius 1 is 1.50 bits per heavy atom. The van der Waals surface area contributed by atoms with Gasteiger partial charge in [0.25, 0.3) is 5.91 Å². The third-order valence-corrected chi connectivity index (χ3v) is 2.75. The number of carboxylic acid groups (broad SMARTS) is 1. The van der Waals surface area contributed by atoms with Gasteiger partial charge >= 0.3 is 5.97 Å². The molecule has 1 fully saturated rings. The van der Waals surface area contributed by atoms with E-state index >= 15 is 0 Å². The van der Waals surface area contributed by atoms with Crippen molar-refractivity contribution in [2.75, 3.05) is 6.54 Å². The molecule has 5 heteroatoms. The van der Waals surface area contributed by atoms with Crippen molar-refractivity contribution in [3.63, 3.8) is 0 Å². The van der Waals surface area contributed by atoms with Gasteiger partial charge in [0.05, 0.1) is 0 Å². The predicted molar refractivity (Wildman–Crippen MR) is 55.1 cm³/mol. The number of carbonyl (C=O) groups excluding carboxylic acids is 1. The number of carbonyl (C=O) groups is 2. The Labute approximate surface area is 92.7 Å². The largest absolute Gasteiger partial charge is 0.480 e. The summed E-state index contributed by atoms with van der Waals surface area (Å²) >= 11 is 0. The highest BCUT2D eigenvalue weighted by Crippen LogP contribution is 2.21. The van der Waals surface area contributed by atoms with E-state index in [-0.39, 0.29) is 11.7 Å². The van der Waals surface area contributed by atoms with E-state index in [2.05, 4.69) is 0 Å². The molecule has 0 unspecified atom stereocenters. The molecule has 1 saturated heterocycles. The number of hydrogen-bond donors (Lipinski definition) is 1. The Morgan fingerprint density at radius 3 is 2.81 bits per heavy atom. The average molecular weight is 223 g/mol. The van der Waals surface area contributed by atoms with Crippen molar-refractivity contribution in [2.45, 2.75) is 25.8 Å². The topological polar surface area (TPSA) is 70.8 Å². The number of aryl methyl sites for hydroxylation is 1. The van der Waals surface area contributed by atoms with Gasteiger partial charge in [-0.25, -0.2) is 4.79 Å². The van der Waals surface area contributed by atoms with E-state index < -0.39 is 12.0 Å². The average Bonchev–Trinajstić information content (AvgIpc) is 2.84. The van der Waals surface area contributed by atoms with Gasteiger partial charge in [-0.15, -0.1) is 0 Å². The second-order valence-electron chi connectivity index (χ2n) is 3.91. The van der Waals surface area contributed by atoms with Crippen molar-refractivity contribution in [2.24, 2.45) is 0 Å². The van der Waals surface area contributed by atoms with E-state index in [1.165, 1.54) is 4.90 Å². The van der Waals surface area contributed by atoms with Crippen LogP contribution in [-0.2, 0) is 4.79 Å². The molecule has 1 aliphatic rings. The number of nitrogens with zero attached hydrogens (tertiary/aromatic N) is 1. The zero-order chi connectivity index (χ0) is 11.7. The summed E-state index contributed by atoms with van der Waals surface area (Å²) in [5, 5.41) is 8.96. The molecule has 0 spiro atoms. The molecule has 5 nitrogen and oxygen atoms in total. The maximum atomic E-state index is 11.9. The minimum atomic E-state index is -0.950. The van der Waals surface area contributed by atoms with Crippen LogP contribution in [0.15, 0.2) is 16.5 Å². The van der Waals surface area contributed by atoms with Crippen molar-refractivity contribution < 1.29 is 19.1 Å².